The average Bonchev–Trinajstić information content (AvgIpc) is 2.89. The van der Waals surface area contributed by atoms with E-state index in [9.17, 15) is 5.11 Å². The highest BCUT2D eigenvalue weighted by molar-refractivity contribution is 5.60. The van der Waals surface area contributed by atoms with Crippen LogP contribution in [-0.4, -0.2) is 15.6 Å². The van der Waals surface area contributed by atoms with Crippen molar-refractivity contribution in [3.63, 3.8) is 0 Å². The van der Waals surface area contributed by atoms with E-state index >= 15 is 0 Å². The third-order valence-corrected chi connectivity index (χ3v) is 3.50. The monoisotopic (exact) mass is 260 g/mol. The van der Waals surface area contributed by atoms with Gasteiger partial charge in [-0.25, -0.2) is 0 Å². The quantitative estimate of drug-likeness (QED) is 0.808. The largest absolute Gasteiger partial charge is 0.506 e. The number of aliphatic hydroxyl groups is 1. The fourth-order valence-electron chi connectivity index (χ4n) is 2.52. The summed E-state index contributed by atoms with van der Waals surface area (Å²) in [6.45, 7) is 6.20. The predicted molar refractivity (Wildman–Crippen MR) is 78.9 cm³/mol. The second-order valence-electron chi connectivity index (χ2n) is 6.34. The van der Waals surface area contributed by atoms with Crippen LogP contribution in [0.25, 0.3) is 5.76 Å². The van der Waals surface area contributed by atoms with Gasteiger partial charge in [-0.2, -0.15) is 0 Å². The van der Waals surface area contributed by atoms with Gasteiger partial charge in [0.25, 0.3) is 0 Å². The van der Waals surface area contributed by atoms with Gasteiger partial charge in [0.05, 0.1) is 5.69 Å². The van der Waals surface area contributed by atoms with E-state index in [0.717, 1.165) is 11.3 Å². The Kier molecular flexibility index (Phi) is 4.13. The Balaban J connectivity index is 2.23. The third kappa shape index (κ3) is 3.72. The van der Waals surface area contributed by atoms with Gasteiger partial charge in [0, 0.05) is 29.4 Å². The first-order chi connectivity index (χ1) is 8.97. The van der Waals surface area contributed by atoms with Crippen molar-refractivity contribution in [3.05, 3.63) is 35.8 Å². The second-order valence-corrected chi connectivity index (χ2v) is 6.34. The van der Waals surface area contributed by atoms with Crippen LogP contribution in [0.5, 0.6) is 0 Å². The molecule has 0 aromatic carbocycles. The Morgan fingerprint density at radius 2 is 2.05 bits per heavy atom. The maximum Gasteiger partial charge on any atom is 0.140 e. The van der Waals surface area contributed by atoms with E-state index in [-0.39, 0.29) is 11.3 Å². The van der Waals surface area contributed by atoms with E-state index in [2.05, 4.69) is 31.1 Å². The van der Waals surface area contributed by atoms with E-state index in [1.54, 1.807) is 6.20 Å². The maximum absolute atomic E-state index is 10.3. The molecule has 2 rings (SSSR count). The average molecular weight is 260 g/mol. The molecule has 104 valence electrons. The van der Waals surface area contributed by atoms with Crippen molar-refractivity contribution in [1.29, 1.82) is 0 Å². The molecular formula is C16H24N2O. The van der Waals surface area contributed by atoms with Crippen LogP contribution < -0.4 is 5.32 Å². The maximum atomic E-state index is 10.3. The fraction of sp³-hybridized carbons (Fsp3) is 0.562. The summed E-state index contributed by atoms with van der Waals surface area (Å²) in [5, 5.41) is 13.5. The minimum Gasteiger partial charge on any atom is -0.506 e. The van der Waals surface area contributed by atoms with Gasteiger partial charge in [-0.05, 0) is 45.7 Å². The first kappa shape index (κ1) is 13.9. The van der Waals surface area contributed by atoms with Gasteiger partial charge in [0.15, 0.2) is 0 Å². The molecule has 0 atom stereocenters. The van der Waals surface area contributed by atoms with Crippen molar-refractivity contribution < 1.29 is 5.11 Å². The number of rotatable bonds is 3. The molecule has 0 amide bonds. The topological polar surface area (TPSA) is 45.1 Å². The molecule has 19 heavy (non-hydrogen) atoms. The molecular weight excluding hydrogens is 236 g/mol. The fourth-order valence-corrected chi connectivity index (χ4v) is 2.52. The van der Waals surface area contributed by atoms with Crippen LogP contribution in [0.1, 0.15) is 63.6 Å². The molecule has 1 aromatic rings. The highest BCUT2D eigenvalue weighted by atomic mass is 16.3. The lowest BCUT2D eigenvalue weighted by atomic mass is 9.97. The minimum absolute atomic E-state index is 0.0519. The number of nitrogens with one attached hydrogen (secondary N) is 1. The van der Waals surface area contributed by atoms with Gasteiger partial charge in [0.2, 0.25) is 0 Å². The normalized spacial score (nSPS) is 17.7. The van der Waals surface area contributed by atoms with Gasteiger partial charge >= 0.3 is 0 Å². The molecule has 3 nitrogen and oxygen atoms in total. The summed E-state index contributed by atoms with van der Waals surface area (Å²) in [5.41, 5.74) is 1.86. The molecule has 0 saturated heterocycles. The van der Waals surface area contributed by atoms with Crippen LogP contribution >= 0.6 is 0 Å². The molecule has 1 aliphatic rings. The summed E-state index contributed by atoms with van der Waals surface area (Å²) in [7, 11) is 0. The smallest absolute Gasteiger partial charge is 0.140 e. The Bertz CT molecular complexity index is 454. The van der Waals surface area contributed by atoms with Crippen molar-refractivity contribution >= 4 is 5.76 Å². The zero-order chi connectivity index (χ0) is 13.9. The number of pyridine rings is 1. The van der Waals surface area contributed by atoms with Gasteiger partial charge in [-0.3, -0.25) is 4.98 Å². The summed E-state index contributed by atoms with van der Waals surface area (Å²) in [4.78, 5) is 4.50. The number of aliphatic hydroxyl groups excluding tert-OH is 1. The van der Waals surface area contributed by atoms with Gasteiger partial charge in [-0.15, -0.1) is 0 Å². The van der Waals surface area contributed by atoms with E-state index < -0.39 is 0 Å². The van der Waals surface area contributed by atoms with Gasteiger partial charge in [0.1, 0.15) is 5.76 Å². The summed E-state index contributed by atoms with van der Waals surface area (Å²) in [5.74, 6) is 0.784. The third-order valence-electron chi connectivity index (χ3n) is 3.50. The zero-order valence-electron chi connectivity index (χ0n) is 12.1. The number of nitrogens with zero attached hydrogens (tertiary/aromatic N) is 1. The Morgan fingerprint density at radius 3 is 2.68 bits per heavy atom. The SMILES string of the molecule is CC(C)(C)N/C=C(\O)c1cccnc1C1CCCC1. The van der Waals surface area contributed by atoms with Crippen LogP contribution in [0.3, 0.4) is 0 Å². The Morgan fingerprint density at radius 1 is 1.37 bits per heavy atom. The lowest BCUT2D eigenvalue weighted by molar-refractivity contribution is 0.466. The first-order valence-electron chi connectivity index (χ1n) is 7.09. The molecule has 0 bridgehead atoms. The number of hydrogen-bond acceptors (Lipinski definition) is 3. The first-order valence-corrected chi connectivity index (χ1v) is 7.09. The van der Waals surface area contributed by atoms with E-state index in [4.69, 9.17) is 0 Å². The standard InChI is InChI=1S/C16H24N2O/c1-16(2,3)18-11-14(19)13-9-6-10-17-15(13)12-7-4-5-8-12/h6,9-12,18-19H,4-5,7-8H2,1-3H3/b14-11-. The molecule has 1 heterocycles. The van der Waals surface area contributed by atoms with Crippen molar-refractivity contribution in [2.24, 2.45) is 0 Å². The van der Waals surface area contributed by atoms with Gasteiger partial charge in [-0.1, -0.05) is 12.8 Å². The van der Waals surface area contributed by atoms with Crippen LogP contribution in [-0.2, 0) is 0 Å². The van der Waals surface area contributed by atoms with Crippen LogP contribution in [0.2, 0.25) is 0 Å². The summed E-state index contributed by atoms with van der Waals surface area (Å²) >= 11 is 0. The molecule has 0 radical (unpaired) electrons. The van der Waals surface area contributed by atoms with Crippen molar-refractivity contribution in [1.82, 2.24) is 10.3 Å². The molecule has 3 heteroatoms. The molecule has 1 saturated carbocycles. The van der Waals surface area contributed by atoms with Crippen molar-refractivity contribution in [2.75, 3.05) is 0 Å². The molecule has 0 spiro atoms. The Hall–Kier alpha value is -1.51. The molecule has 0 unspecified atom stereocenters. The summed E-state index contributed by atoms with van der Waals surface area (Å²) in [6.07, 6.45) is 8.42. The predicted octanol–water partition coefficient (Wildman–Crippen LogP) is 3.98. The zero-order valence-corrected chi connectivity index (χ0v) is 12.1. The van der Waals surface area contributed by atoms with E-state index in [0.29, 0.717) is 5.92 Å². The lowest BCUT2D eigenvalue weighted by Gasteiger charge is -2.20. The van der Waals surface area contributed by atoms with E-state index in [1.165, 1.54) is 25.7 Å². The highest BCUT2D eigenvalue weighted by Crippen LogP contribution is 2.35. The van der Waals surface area contributed by atoms with E-state index in [1.807, 2.05) is 18.3 Å². The van der Waals surface area contributed by atoms with Crippen LogP contribution in [0.4, 0.5) is 0 Å². The van der Waals surface area contributed by atoms with Crippen molar-refractivity contribution in [3.8, 4) is 0 Å². The van der Waals surface area contributed by atoms with Crippen molar-refractivity contribution in [2.45, 2.75) is 57.9 Å². The molecule has 1 fully saturated rings. The second kappa shape index (κ2) is 5.64. The lowest BCUT2D eigenvalue weighted by Crippen LogP contribution is -2.31. The van der Waals surface area contributed by atoms with Crippen LogP contribution in [0.15, 0.2) is 24.5 Å². The number of hydrogen-bond donors (Lipinski definition) is 2. The van der Waals surface area contributed by atoms with Crippen LogP contribution in [0, 0.1) is 0 Å². The highest BCUT2D eigenvalue weighted by Gasteiger charge is 2.22. The molecule has 0 aliphatic heterocycles. The molecule has 1 aliphatic carbocycles. The summed E-state index contributed by atoms with van der Waals surface area (Å²) < 4.78 is 0. The minimum atomic E-state index is -0.0519. The molecule has 1 aromatic heterocycles. The van der Waals surface area contributed by atoms with Gasteiger partial charge < -0.3 is 10.4 Å². The summed E-state index contributed by atoms with van der Waals surface area (Å²) in [6, 6.07) is 3.84. The number of aromatic nitrogens is 1. The molecule has 2 N–H and O–H groups in total. The Labute approximate surface area is 115 Å².